The van der Waals surface area contributed by atoms with Gasteiger partial charge in [-0.1, -0.05) is 19.8 Å². The average Bonchev–Trinajstić information content (AvgIpc) is 2.05. The summed E-state index contributed by atoms with van der Waals surface area (Å²) in [7, 11) is 1.30. The molecule has 0 saturated heterocycles. The Morgan fingerprint density at radius 2 is 2.36 bits per heavy atom. The van der Waals surface area contributed by atoms with Gasteiger partial charge >= 0.3 is 5.97 Å². The zero-order valence-corrected chi connectivity index (χ0v) is 6.96. The van der Waals surface area contributed by atoms with E-state index in [-0.39, 0.29) is 0 Å². The van der Waals surface area contributed by atoms with Gasteiger partial charge < -0.3 is 9.94 Å². The minimum atomic E-state index is -0.569. The predicted molar refractivity (Wildman–Crippen MR) is 40.3 cm³/mol. The number of esters is 1. The van der Waals surface area contributed by atoms with Crippen molar-refractivity contribution < 1.29 is 14.7 Å². The normalized spacial score (nSPS) is 12.6. The Morgan fingerprint density at radius 1 is 1.73 bits per heavy atom. The van der Waals surface area contributed by atoms with E-state index in [4.69, 9.17) is 5.21 Å². The second-order valence-electron chi connectivity index (χ2n) is 2.35. The lowest BCUT2D eigenvalue weighted by Crippen LogP contribution is -2.35. The van der Waals surface area contributed by atoms with Crippen LogP contribution in [0, 0.1) is 0 Å². The average molecular weight is 161 g/mol. The maximum absolute atomic E-state index is 10.8. The van der Waals surface area contributed by atoms with Crippen molar-refractivity contribution in [1.82, 2.24) is 5.48 Å². The molecule has 0 fully saturated rings. The van der Waals surface area contributed by atoms with Crippen molar-refractivity contribution in [2.45, 2.75) is 32.2 Å². The van der Waals surface area contributed by atoms with Crippen molar-refractivity contribution in [2.24, 2.45) is 0 Å². The predicted octanol–water partition coefficient (Wildman–Crippen LogP) is 0.697. The molecule has 2 N–H and O–H groups in total. The van der Waals surface area contributed by atoms with E-state index >= 15 is 0 Å². The molecular formula is C7H15NO3. The number of hydroxylamine groups is 1. The van der Waals surface area contributed by atoms with E-state index in [1.54, 1.807) is 0 Å². The summed E-state index contributed by atoms with van der Waals surface area (Å²) in [4.78, 5) is 10.8. The number of hydrogen-bond acceptors (Lipinski definition) is 4. The smallest absolute Gasteiger partial charge is 0.325 e. The molecular weight excluding hydrogens is 146 g/mol. The van der Waals surface area contributed by atoms with Gasteiger partial charge in [-0.2, -0.15) is 5.48 Å². The van der Waals surface area contributed by atoms with Gasteiger partial charge in [-0.25, -0.2) is 0 Å². The largest absolute Gasteiger partial charge is 0.468 e. The van der Waals surface area contributed by atoms with Crippen molar-refractivity contribution in [3.63, 3.8) is 0 Å². The van der Waals surface area contributed by atoms with E-state index in [1.807, 2.05) is 12.4 Å². The Hall–Kier alpha value is -0.610. The highest BCUT2D eigenvalue weighted by Crippen LogP contribution is 2.00. The third-order valence-electron chi connectivity index (χ3n) is 1.49. The fraction of sp³-hybridized carbons (Fsp3) is 0.857. The zero-order valence-electron chi connectivity index (χ0n) is 6.96. The standard InChI is InChI=1S/C7H15NO3/c1-3-4-5-6(8-10)7(9)11-2/h6,8,10H,3-5H2,1-2H3. The first-order chi connectivity index (χ1) is 5.26. The maximum Gasteiger partial charge on any atom is 0.325 e. The van der Waals surface area contributed by atoms with Gasteiger partial charge in [0.15, 0.2) is 0 Å². The first-order valence-corrected chi connectivity index (χ1v) is 3.73. The van der Waals surface area contributed by atoms with E-state index in [0.717, 1.165) is 12.8 Å². The van der Waals surface area contributed by atoms with Gasteiger partial charge in [0, 0.05) is 0 Å². The van der Waals surface area contributed by atoms with Crippen molar-refractivity contribution >= 4 is 5.97 Å². The summed E-state index contributed by atoms with van der Waals surface area (Å²) in [5, 5.41) is 8.50. The third kappa shape index (κ3) is 3.95. The van der Waals surface area contributed by atoms with Crippen LogP contribution in [-0.2, 0) is 9.53 Å². The zero-order chi connectivity index (χ0) is 8.69. The monoisotopic (exact) mass is 161 g/mol. The lowest BCUT2D eigenvalue weighted by Gasteiger charge is -2.10. The van der Waals surface area contributed by atoms with Crippen LogP contribution in [0.2, 0.25) is 0 Å². The molecule has 1 atom stereocenters. The summed E-state index contributed by atoms with van der Waals surface area (Å²) in [5.41, 5.74) is 1.91. The van der Waals surface area contributed by atoms with E-state index in [1.165, 1.54) is 7.11 Å². The SMILES string of the molecule is CCCCC(NO)C(=O)OC. The van der Waals surface area contributed by atoms with Crippen molar-refractivity contribution in [2.75, 3.05) is 7.11 Å². The number of carbonyl (C=O) groups excluding carboxylic acids is 1. The van der Waals surface area contributed by atoms with Crippen LogP contribution < -0.4 is 5.48 Å². The van der Waals surface area contributed by atoms with Gasteiger partial charge in [-0.05, 0) is 6.42 Å². The molecule has 0 aromatic heterocycles. The number of hydrogen-bond donors (Lipinski definition) is 2. The number of ether oxygens (including phenoxy) is 1. The molecule has 0 rings (SSSR count). The van der Waals surface area contributed by atoms with Crippen LogP contribution in [0.1, 0.15) is 26.2 Å². The van der Waals surface area contributed by atoms with Crippen LogP contribution in [0.3, 0.4) is 0 Å². The molecule has 0 aliphatic heterocycles. The van der Waals surface area contributed by atoms with Gasteiger partial charge in [0.25, 0.3) is 0 Å². The van der Waals surface area contributed by atoms with Crippen LogP contribution in [0.5, 0.6) is 0 Å². The Balaban J connectivity index is 3.65. The van der Waals surface area contributed by atoms with E-state index in [9.17, 15) is 4.79 Å². The molecule has 11 heavy (non-hydrogen) atoms. The summed E-state index contributed by atoms with van der Waals surface area (Å²) in [5.74, 6) is -0.416. The Labute approximate surface area is 66.5 Å². The molecule has 0 aliphatic rings. The van der Waals surface area contributed by atoms with Crippen LogP contribution >= 0.6 is 0 Å². The molecule has 66 valence electrons. The first kappa shape index (κ1) is 10.4. The lowest BCUT2D eigenvalue weighted by molar-refractivity contribution is -0.146. The van der Waals surface area contributed by atoms with E-state index < -0.39 is 12.0 Å². The molecule has 0 saturated carbocycles. The number of carbonyl (C=O) groups is 1. The maximum atomic E-state index is 10.8. The molecule has 0 amide bonds. The Bertz CT molecular complexity index is 116. The minimum absolute atomic E-state index is 0.416. The Kier molecular flexibility index (Phi) is 5.78. The van der Waals surface area contributed by atoms with Gasteiger partial charge in [0.05, 0.1) is 7.11 Å². The number of methoxy groups -OCH3 is 1. The van der Waals surface area contributed by atoms with Crippen molar-refractivity contribution in [1.29, 1.82) is 0 Å². The molecule has 0 aromatic carbocycles. The summed E-state index contributed by atoms with van der Waals surface area (Å²) >= 11 is 0. The Morgan fingerprint density at radius 3 is 2.73 bits per heavy atom. The van der Waals surface area contributed by atoms with Gasteiger partial charge in [-0.3, -0.25) is 4.79 Å². The fourth-order valence-electron chi connectivity index (χ4n) is 0.786. The highest BCUT2D eigenvalue weighted by molar-refractivity contribution is 5.75. The lowest BCUT2D eigenvalue weighted by atomic mass is 10.1. The summed E-state index contributed by atoms with van der Waals surface area (Å²) < 4.78 is 4.44. The molecule has 1 unspecified atom stereocenters. The second-order valence-corrected chi connectivity index (χ2v) is 2.35. The molecule has 0 heterocycles. The second kappa shape index (κ2) is 6.12. The van der Waals surface area contributed by atoms with Crippen LogP contribution in [0.4, 0.5) is 0 Å². The molecule has 0 spiro atoms. The summed E-state index contributed by atoms with van der Waals surface area (Å²) in [6, 6.07) is -0.569. The third-order valence-corrected chi connectivity index (χ3v) is 1.49. The topological polar surface area (TPSA) is 58.6 Å². The molecule has 0 aliphatic carbocycles. The first-order valence-electron chi connectivity index (χ1n) is 3.73. The van der Waals surface area contributed by atoms with E-state index in [2.05, 4.69) is 4.74 Å². The molecule has 4 heteroatoms. The van der Waals surface area contributed by atoms with Gasteiger partial charge in [0.1, 0.15) is 6.04 Å². The molecule has 4 nitrogen and oxygen atoms in total. The quantitative estimate of drug-likeness (QED) is 0.460. The van der Waals surface area contributed by atoms with Crippen molar-refractivity contribution in [3.8, 4) is 0 Å². The highest BCUT2D eigenvalue weighted by Gasteiger charge is 2.16. The number of nitrogens with one attached hydrogen (secondary N) is 1. The van der Waals surface area contributed by atoms with Gasteiger partial charge in [0.2, 0.25) is 0 Å². The number of unbranched alkanes of at least 4 members (excludes halogenated alkanes) is 1. The molecule has 0 aromatic rings. The molecule has 0 radical (unpaired) electrons. The van der Waals surface area contributed by atoms with Crippen LogP contribution in [0.15, 0.2) is 0 Å². The van der Waals surface area contributed by atoms with E-state index in [0.29, 0.717) is 6.42 Å². The van der Waals surface area contributed by atoms with Crippen LogP contribution in [0.25, 0.3) is 0 Å². The van der Waals surface area contributed by atoms with Crippen molar-refractivity contribution in [3.05, 3.63) is 0 Å². The number of rotatable bonds is 5. The summed E-state index contributed by atoms with van der Waals surface area (Å²) in [6.07, 6.45) is 2.50. The minimum Gasteiger partial charge on any atom is -0.468 e. The molecule has 0 bridgehead atoms. The van der Waals surface area contributed by atoms with Crippen LogP contribution in [-0.4, -0.2) is 24.3 Å². The summed E-state index contributed by atoms with van der Waals surface area (Å²) in [6.45, 7) is 2.02. The fourth-order valence-corrected chi connectivity index (χ4v) is 0.786. The van der Waals surface area contributed by atoms with Gasteiger partial charge in [-0.15, -0.1) is 0 Å². The highest BCUT2D eigenvalue weighted by atomic mass is 16.5.